The van der Waals surface area contributed by atoms with E-state index < -0.39 is 5.82 Å². The largest absolute Gasteiger partial charge is 0.339 e. The molecule has 0 saturated heterocycles. The summed E-state index contributed by atoms with van der Waals surface area (Å²) in [5, 5.41) is 6.51. The summed E-state index contributed by atoms with van der Waals surface area (Å²) in [4.78, 5) is 16.6. The molecule has 3 aromatic rings. The SMILES string of the molecule is O=C(Nc1ccccc1F)c1ccc(-c2noc(C3CC3)n2)cc1. The van der Waals surface area contributed by atoms with E-state index >= 15 is 0 Å². The van der Waals surface area contributed by atoms with Gasteiger partial charge >= 0.3 is 0 Å². The average Bonchev–Trinajstić information content (AvgIpc) is 3.34. The molecule has 0 radical (unpaired) electrons. The maximum Gasteiger partial charge on any atom is 0.255 e. The number of para-hydroxylation sites is 1. The lowest BCUT2D eigenvalue weighted by molar-refractivity contribution is 0.102. The quantitative estimate of drug-likeness (QED) is 0.788. The fourth-order valence-electron chi connectivity index (χ4n) is 2.38. The average molecular weight is 323 g/mol. The van der Waals surface area contributed by atoms with Gasteiger partial charge in [-0.2, -0.15) is 4.98 Å². The minimum atomic E-state index is -0.470. The molecule has 1 aromatic heterocycles. The maximum absolute atomic E-state index is 13.6. The van der Waals surface area contributed by atoms with Crippen LogP contribution in [0.25, 0.3) is 11.4 Å². The van der Waals surface area contributed by atoms with Crippen LogP contribution in [0.5, 0.6) is 0 Å². The second-order valence-corrected chi connectivity index (χ2v) is 5.74. The third-order valence-corrected chi connectivity index (χ3v) is 3.90. The van der Waals surface area contributed by atoms with Gasteiger partial charge in [-0.25, -0.2) is 4.39 Å². The predicted octanol–water partition coefficient (Wildman–Crippen LogP) is 4.01. The van der Waals surface area contributed by atoms with Crippen LogP contribution < -0.4 is 5.32 Å². The number of hydrogen-bond donors (Lipinski definition) is 1. The summed E-state index contributed by atoms with van der Waals surface area (Å²) >= 11 is 0. The lowest BCUT2D eigenvalue weighted by atomic mass is 10.1. The van der Waals surface area contributed by atoms with Gasteiger partial charge in [0, 0.05) is 17.0 Å². The van der Waals surface area contributed by atoms with E-state index in [2.05, 4.69) is 15.5 Å². The Morgan fingerprint density at radius 3 is 2.58 bits per heavy atom. The highest BCUT2D eigenvalue weighted by Crippen LogP contribution is 2.39. The van der Waals surface area contributed by atoms with Crippen LogP contribution in [0.2, 0.25) is 0 Å². The molecular weight excluding hydrogens is 309 g/mol. The highest BCUT2D eigenvalue weighted by molar-refractivity contribution is 6.04. The Morgan fingerprint density at radius 2 is 1.88 bits per heavy atom. The van der Waals surface area contributed by atoms with Crippen LogP contribution in [0, 0.1) is 5.82 Å². The summed E-state index contributed by atoms with van der Waals surface area (Å²) in [7, 11) is 0. The van der Waals surface area contributed by atoms with Gasteiger partial charge in [0.15, 0.2) is 0 Å². The summed E-state index contributed by atoms with van der Waals surface area (Å²) in [5.41, 5.74) is 1.35. The number of amides is 1. The number of carbonyl (C=O) groups excluding carboxylic acids is 1. The molecule has 0 unspecified atom stereocenters. The van der Waals surface area contributed by atoms with E-state index in [9.17, 15) is 9.18 Å². The van der Waals surface area contributed by atoms with Crippen molar-refractivity contribution >= 4 is 11.6 Å². The third-order valence-electron chi connectivity index (χ3n) is 3.90. The summed E-state index contributed by atoms with van der Waals surface area (Å²) in [6, 6.07) is 12.8. The molecule has 1 N–H and O–H groups in total. The number of benzene rings is 2. The first-order valence-electron chi connectivity index (χ1n) is 7.70. The molecule has 6 heteroatoms. The number of nitrogens with one attached hydrogen (secondary N) is 1. The fraction of sp³-hybridized carbons (Fsp3) is 0.167. The highest BCUT2D eigenvalue weighted by Gasteiger charge is 2.29. The van der Waals surface area contributed by atoms with Gasteiger partial charge in [-0.15, -0.1) is 0 Å². The molecule has 0 spiro atoms. The Bertz CT molecular complexity index is 885. The molecule has 120 valence electrons. The van der Waals surface area contributed by atoms with Crippen molar-refractivity contribution in [2.45, 2.75) is 18.8 Å². The van der Waals surface area contributed by atoms with Crippen LogP contribution in [-0.4, -0.2) is 16.0 Å². The van der Waals surface area contributed by atoms with Crippen LogP contribution in [0.3, 0.4) is 0 Å². The van der Waals surface area contributed by atoms with E-state index in [0.717, 1.165) is 18.4 Å². The third kappa shape index (κ3) is 2.90. The monoisotopic (exact) mass is 323 g/mol. The fourth-order valence-corrected chi connectivity index (χ4v) is 2.38. The van der Waals surface area contributed by atoms with E-state index in [1.54, 1.807) is 36.4 Å². The van der Waals surface area contributed by atoms with E-state index in [1.807, 2.05) is 0 Å². The zero-order chi connectivity index (χ0) is 16.5. The van der Waals surface area contributed by atoms with E-state index in [4.69, 9.17) is 4.52 Å². The molecule has 4 rings (SSSR count). The Morgan fingerprint density at radius 1 is 1.12 bits per heavy atom. The van der Waals surface area contributed by atoms with E-state index in [1.165, 1.54) is 12.1 Å². The van der Waals surface area contributed by atoms with Crippen LogP contribution in [0.15, 0.2) is 53.1 Å². The van der Waals surface area contributed by atoms with Gasteiger partial charge in [0.2, 0.25) is 11.7 Å². The van der Waals surface area contributed by atoms with Crippen molar-refractivity contribution in [2.75, 3.05) is 5.32 Å². The molecule has 2 aromatic carbocycles. The topological polar surface area (TPSA) is 68.0 Å². The highest BCUT2D eigenvalue weighted by atomic mass is 19.1. The molecule has 1 amide bonds. The number of halogens is 1. The van der Waals surface area contributed by atoms with Crippen LogP contribution in [0.4, 0.5) is 10.1 Å². The zero-order valence-electron chi connectivity index (χ0n) is 12.7. The zero-order valence-corrected chi connectivity index (χ0v) is 12.7. The number of aromatic nitrogens is 2. The second kappa shape index (κ2) is 5.88. The number of anilines is 1. The van der Waals surface area contributed by atoms with Crippen molar-refractivity contribution in [3.63, 3.8) is 0 Å². The molecule has 1 aliphatic rings. The van der Waals surface area contributed by atoms with E-state index in [-0.39, 0.29) is 11.6 Å². The van der Waals surface area contributed by atoms with Gasteiger partial charge in [-0.3, -0.25) is 4.79 Å². The standard InChI is InChI=1S/C18H14FN3O2/c19-14-3-1-2-4-15(14)20-17(23)12-7-5-11(6-8-12)16-21-18(24-22-16)13-9-10-13/h1-8,13H,9-10H2,(H,20,23). The van der Waals surface area contributed by atoms with Crippen LogP contribution >= 0.6 is 0 Å². The predicted molar refractivity (Wildman–Crippen MR) is 86.1 cm³/mol. The first-order chi connectivity index (χ1) is 11.7. The minimum absolute atomic E-state index is 0.152. The summed E-state index contributed by atoms with van der Waals surface area (Å²) in [6.45, 7) is 0. The van der Waals surface area contributed by atoms with Crippen LogP contribution in [-0.2, 0) is 0 Å². The van der Waals surface area contributed by atoms with Crippen molar-refractivity contribution in [3.8, 4) is 11.4 Å². The number of rotatable bonds is 4. The smallest absolute Gasteiger partial charge is 0.255 e. The van der Waals surface area contributed by atoms with Gasteiger partial charge in [-0.1, -0.05) is 29.4 Å². The molecular formula is C18H14FN3O2. The van der Waals surface area contributed by atoms with Gasteiger partial charge in [0.25, 0.3) is 5.91 Å². The Labute approximate surface area is 137 Å². The van der Waals surface area contributed by atoms with Gasteiger partial charge in [-0.05, 0) is 37.1 Å². The summed E-state index contributed by atoms with van der Waals surface area (Å²) in [6.07, 6.45) is 2.19. The lowest BCUT2D eigenvalue weighted by Gasteiger charge is -2.06. The molecule has 0 bridgehead atoms. The first kappa shape index (κ1) is 14.6. The normalized spacial score (nSPS) is 13.7. The summed E-state index contributed by atoms with van der Waals surface area (Å²) in [5.74, 6) is 0.738. The summed E-state index contributed by atoms with van der Waals surface area (Å²) < 4.78 is 18.8. The molecule has 1 fully saturated rings. The van der Waals surface area contributed by atoms with Crippen molar-refractivity contribution in [1.29, 1.82) is 0 Å². The number of hydrogen-bond acceptors (Lipinski definition) is 4. The molecule has 24 heavy (non-hydrogen) atoms. The van der Waals surface area contributed by atoms with Crippen molar-refractivity contribution in [3.05, 3.63) is 65.8 Å². The van der Waals surface area contributed by atoms with E-state index in [0.29, 0.717) is 23.2 Å². The molecule has 5 nitrogen and oxygen atoms in total. The number of nitrogens with zero attached hydrogens (tertiary/aromatic N) is 2. The lowest BCUT2D eigenvalue weighted by Crippen LogP contribution is -2.12. The van der Waals surface area contributed by atoms with Gasteiger partial charge in [0.05, 0.1) is 5.69 Å². The van der Waals surface area contributed by atoms with Gasteiger partial charge in [0.1, 0.15) is 5.82 Å². The molecule has 1 saturated carbocycles. The second-order valence-electron chi connectivity index (χ2n) is 5.74. The Hall–Kier alpha value is -3.02. The number of carbonyl (C=O) groups is 1. The Balaban J connectivity index is 1.50. The van der Waals surface area contributed by atoms with Crippen LogP contribution in [0.1, 0.15) is 35.0 Å². The van der Waals surface area contributed by atoms with Gasteiger partial charge < -0.3 is 9.84 Å². The van der Waals surface area contributed by atoms with Crippen molar-refractivity contribution in [1.82, 2.24) is 10.1 Å². The van der Waals surface area contributed by atoms with Crippen molar-refractivity contribution < 1.29 is 13.7 Å². The Kier molecular flexibility index (Phi) is 3.57. The minimum Gasteiger partial charge on any atom is -0.339 e. The molecule has 1 aliphatic carbocycles. The maximum atomic E-state index is 13.6. The molecule has 0 atom stereocenters. The van der Waals surface area contributed by atoms with Crippen molar-refractivity contribution in [2.24, 2.45) is 0 Å². The molecule has 1 heterocycles. The molecule has 0 aliphatic heterocycles. The first-order valence-corrected chi connectivity index (χ1v) is 7.70.